The number of carbonyl (C=O) groups excluding carboxylic acids is 2. The molecular formula is C25H25N5O2. The van der Waals surface area contributed by atoms with E-state index in [-0.39, 0.29) is 17.9 Å². The zero-order valence-electron chi connectivity index (χ0n) is 18.0. The molecule has 1 unspecified atom stereocenters. The van der Waals surface area contributed by atoms with Gasteiger partial charge in [0, 0.05) is 37.3 Å². The number of fused-ring (bicyclic) bond motifs is 3. The highest BCUT2D eigenvalue weighted by molar-refractivity contribution is 5.95. The molecule has 32 heavy (non-hydrogen) atoms. The molecule has 0 bridgehead atoms. The fourth-order valence-electron chi connectivity index (χ4n) is 4.59. The highest BCUT2D eigenvalue weighted by Gasteiger charge is 2.38. The molecule has 1 saturated heterocycles. The average Bonchev–Trinajstić information content (AvgIpc) is 3.22. The minimum Gasteiger partial charge on any atom is -0.348 e. The maximum Gasteiger partial charge on any atom is 0.272 e. The largest absolute Gasteiger partial charge is 0.348 e. The number of nitrogens with zero attached hydrogens (tertiary/aromatic N) is 4. The molecule has 2 aliphatic heterocycles. The number of hydrogen-bond acceptors (Lipinski definition) is 5. The number of hydrogen-bond donors (Lipinski definition) is 1. The number of piperazine rings is 1. The van der Waals surface area contributed by atoms with Crippen molar-refractivity contribution < 1.29 is 9.59 Å². The van der Waals surface area contributed by atoms with Crippen LogP contribution in [0.25, 0.3) is 0 Å². The first-order valence-corrected chi connectivity index (χ1v) is 10.9. The van der Waals surface area contributed by atoms with E-state index < -0.39 is 0 Å². The summed E-state index contributed by atoms with van der Waals surface area (Å²) >= 11 is 0. The molecule has 7 nitrogen and oxygen atoms in total. The molecule has 162 valence electrons. The molecule has 2 aromatic carbocycles. The van der Waals surface area contributed by atoms with E-state index in [1.807, 2.05) is 72.5 Å². The predicted molar refractivity (Wildman–Crippen MR) is 122 cm³/mol. The highest BCUT2D eigenvalue weighted by atomic mass is 16.2. The molecule has 7 heteroatoms. The summed E-state index contributed by atoms with van der Waals surface area (Å²) in [6, 6.07) is 19.3. The summed E-state index contributed by atoms with van der Waals surface area (Å²) in [5, 5.41) is 11.6. The second-order valence-electron chi connectivity index (χ2n) is 8.31. The number of nitrogens with one attached hydrogen (secondary N) is 1. The van der Waals surface area contributed by atoms with Crippen LogP contribution in [0.1, 0.15) is 37.5 Å². The lowest BCUT2D eigenvalue weighted by Crippen LogP contribution is -2.53. The Morgan fingerprint density at radius 2 is 1.72 bits per heavy atom. The smallest absolute Gasteiger partial charge is 0.272 e. The van der Waals surface area contributed by atoms with Gasteiger partial charge < -0.3 is 15.1 Å². The number of rotatable bonds is 4. The van der Waals surface area contributed by atoms with E-state index in [0.717, 1.165) is 28.9 Å². The van der Waals surface area contributed by atoms with Crippen molar-refractivity contribution in [2.75, 3.05) is 24.5 Å². The van der Waals surface area contributed by atoms with Crippen LogP contribution in [-0.2, 0) is 13.0 Å². The minimum atomic E-state index is -0.215. The maximum atomic E-state index is 12.9. The van der Waals surface area contributed by atoms with Crippen LogP contribution in [0.5, 0.6) is 0 Å². The summed E-state index contributed by atoms with van der Waals surface area (Å²) in [4.78, 5) is 29.8. The Labute approximate surface area is 187 Å². The SMILES string of the molecule is Cc1c(C(=O)NCc2ccccc2)nnc2c1CC1CN(C(=O)c3ccccc3)CCN21. The van der Waals surface area contributed by atoms with Gasteiger partial charge in [-0.05, 0) is 36.6 Å². The lowest BCUT2D eigenvalue weighted by Gasteiger charge is -2.38. The Kier molecular flexibility index (Phi) is 5.31. The summed E-state index contributed by atoms with van der Waals surface area (Å²) in [5.41, 5.74) is 4.05. The average molecular weight is 428 g/mol. The maximum absolute atomic E-state index is 12.9. The van der Waals surface area contributed by atoms with Gasteiger partial charge in [-0.15, -0.1) is 10.2 Å². The van der Waals surface area contributed by atoms with Gasteiger partial charge in [0.1, 0.15) is 0 Å². The summed E-state index contributed by atoms with van der Waals surface area (Å²) < 4.78 is 0. The molecule has 1 N–H and O–H groups in total. The normalized spacial score (nSPS) is 17.0. The Bertz CT molecular complexity index is 1150. The van der Waals surface area contributed by atoms with Crippen LogP contribution in [-0.4, -0.2) is 52.6 Å². The minimum absolute atomic E-state index is 0.0602. The molecule has 3 heterocycles. The lowest BCUT2D eigenvalue weighted by atomic mass is 10.0. The lowest BCUT2D eigenvalue weighted by molar-refractivity contribution is 0.0724. The van der Waals surface area contributed by atoms with Crippen LogP contribution < -0.4 is 10.2 Å². The highest BCUT2D eigenvalue weighted by Crippen LogP contribution is 2.35. The molecular weight excluding hydrogens is 402 g/mol. The van der Waals surface area contributed by atoms with Gasteiger partial charge in [0.15, 0.2) is 11.5 Å². The van der Waals surface area contributed by atoms with Crippen LogP contribution in [0.3, 0.4) is 0 Å². The monoisotopic (exact) mass is 427 g/mol. The van der Waals surface area contributed by atoms with Crippen molar-refractivity contribution >= 4 is 17.6 Å². The molecule has 3 aromatic rings. The van der Waals surface area contributed by atoms with Crippen molar-refractivity contribution in [3.63, 3.8) is 0 Å². The first-order chi connectivity index (χ1) is 15.6. The van der Waals surface area contributed by atoms with Gasteiger partial charge in [0.2, 0.25) is 0 Å². The van der Waals surface area contributed by atoms with E-state index >= 15 is 0 Å². The second-order valence-corrected chi connectivity index (χ2v) is 8.31. The number of carbonyl (C=O) groups is 2. The Hall–Kier alpha value is -3.74. The zero-order chi connectivity index (χ0) is 22.1. The molecule has 0 saturated carbocycles. The van der Waals surface area contributed by atoms with E-state index in [1.54, 1.807) is 0 Å². The Morgan fingerprint density at radius 1 is 1.00 bits per heavy atom. The zero-order valence-corrected chi connectivity index (χ0v) is 18.0. The first kappa shape index (κ1) is 20.2. The van der Waals surface area contributed by atoms with Gasteiger partial charge in [0.05, 0.1) is 6.04 Å². The van der Waals surface area contributed by atoms with Crippen molar-refractivity contribution in [2.45, 2.75) is 25.9 Å². The van der Waals surface area contributed by atoms with Crippen LogP contribution in [0.15, 0.2) is 60.7 Å². The molecule has 0 radical (unpaired) electrons. The van der Waals surface area contributed by atoms with Gasteiger partial charge in [-0.2, -0.15) is 0 Å². The number of amides is 2. The van der Waals surface area contributed by atoms with Crippen molar-refractivity contribution in [3.05, 3.63) is 88.6 Å². The third kappa shape index (κ3) is 3.70. The Balaban J connectivity index is 1.30. The quantitative estimate of drug-likeness (QED) is 0.693. The molecule has 5 rings (SSSR count). The van der Waals surface area contributed by atoms with Crippen LogP contribution in [0.2, 0.25) is 0 Å². The molecule has 1 aromatic heterocycles. The van der Waals surface area contributed by atoms with E-state index in [0.29, 0.717) is 37.4 Å². The fourth-order valence-corrected chi connectivity index (χ4v) is 4.59. The van der Waals surface area contributed by atoms with Gasteiger partial charge in [-0.1, -0.05) is 48.5 Å². The van der Waals surface area contributed by atoms with Crippen molar-refractivity contribution in [3.8, 4) is 0 Å². The summed E-state index contributed by atoms with van der Waals surface area (Å²) in [6.07, 6.45) is 0.758. The first-order valence-electron chi connectivity index (χ1n) is 10.9. The van der Waals surface area contributed by atoms with Crippen molar-refractivity contribution in [1.82, 2.24) is 20.4 Å². The summed E-state index contributed by atoms with van der Waals surface area (Å²) in [5.74, 6) is 0.691. The van der Waals surface area contributed by atoms with Gasteiger partial charge >= 0.3 is 0 Å². The molecule has 1 atom stereocenters. The topological polar surface area (TPSA) is 78.4 Å². The molecule has 2 amide bonds. The molecule has 0 aliphatic carbocycles. The summed E-state index contributed by atoms with van der Waals surface area (Å²) in [7, 11) is 0. The third-order valence-corrected chi connectivity index (χ3v) is 6.34. The van der Waals surface area contributed by atoms with Crippen LogP contribution >= 0.6 is 0 Å². The Morgan fingerprint density at radius 3 is 2.47 bits per heavy atom. The molecule has 0 spiro atoms. The number of anilines is 1. The van der Waals surface area contributed by atoms with Gasteiger partial charge in [-0.25, -0.2) is 0 Å². The predicted octanol–water partition coefficient (Wildman–Crippen LogP) is 2.60. The summed E-state index contributed by atoms with van der Waals surface area (Å²) in [6.45, 7) is 4.38. The number of benzene rings is 2. The van der Waals surface area contributed by atoms with Crippen molar-refractivity contribution in [2.24, 2.45) is 0 Å². The van der Waals surface area contributed by atoms with Gasteiger partial charge in [-0.3, -0.25) is 9.59 Å². The van der Waals surface area contributed by atoms with Crippen LogP contribution in [0, 0.1) is 6.92 Å². The van der Waals surface area contributed by atoms with E-state index in [1.165, 1.54) is 0 Å². The standard InChI is InChI=1S/C25H25N5O2/c1-17-21-14-20-16-29(25(32)19-10-6-3-7-11-19)12-13-30(20)23(21)28-27-22(17)24(31)26-15-18-8-4-2-5-9-18/h2-11,20H,12-16H2,1H3,(H,26,31). The number of aromatic nitrogens is 2. The fraction of sp³-hybridized carbons (Fsp3) is 0.280. The third-order valence-electron chi connectivity index (χ3n) is 6.34. The van der Waals surface area contributed by atoms with E-state index in [9.17, 15) is 9.59 Å². The second kappa shape index (κ2) is 8.42. The molecule has 1 fully saturated rings. The van der Waals surface area contributed by atoms with Crippen LogP contribution in [0.4, 0.5) is 5.82 Å². The molecule has 2 aliphatic rings. The van der Waals surface area contributed by atoms with E-state index in [4.69, 9.17) is 0 Å². The van der Waals surface area contributed by atoms with Crippen molar-refractivity contribution in [1.29, 1.82) is 0 Å². The van der Waals surface area contributed by atoms with E-state index in [2.05, 4.69) is 20.4 Å². The van der Waals surface area contributed by atoms with Gasteiger partial charge in [0.25, 0.3) is 11.8 Å².